The first kappa shape index (κ1) is 16.9. The van der Waals surface area contributed by atoms with Crippen LogP contribution in [0.15, 0.2) is 47.7 Å². The van der Waals surface area contributed by atoms with Crippen LogP contribution in [-0.2, 0) is 4.74 Å². The number of nitrogens with zero attached hydrogens (tertiary/aromatic N) is 5. The van der Waals surface area contributed by atoms with Crippen LogP contribution in [0.4, 0.5) is 10.2 Å². The highest BCUT2D eigenvalue weighted by Crippen LogP contribution is 2.35. The average molecular weight is 375 g/mol. The van der Waals surface area contributed by atoms with Crippen molar-refractivity contribution >= 4 is 28.5 Å². The average Bonchev–Trinajstić information content (AvgIpc) is 3.28. The van der Waals surface area contributed by atoms with Crippen molar-refractivity contribution in [1.29, 1.82) is 0 Å². The monoisotopic (exact) mass is 375 g/mol. The van der Waals surface area contributed by atoms with Crippen molar-refractivity contribution in [2.24, 2.45) is 4.99 Å². The lowest BCUT2D eigenvalue weighted by molar-refractivity contribution is 0.122. The van der Waals surface area contributed by atoms with Crippen LogP contribution >= 0.6 is 0 Å². The third-order valence-electron chi connectivity index (χ3n) is 5.05. The molecule has 0 spiro atoms. The molecule has 0 unspecified atom stereocenters. The number of rotatable bonds is 3. The largest absolute Gasteiger partial charge is 0.378 e. The van der Waals surface area contributed by atoms with E-state index in [1.54, 1.807) is 24.5 Å². The van der Waals surface area contributed by atoms with Gasteiger partial charge in [-0.25, -0.2) is 9.97 Å². The number of hydrogen-bond donors (Lipinski definition) is 0. The Morgan fingerprint density at radius 3 is 2.71 bits per heavy atom. The number of halogens is 1. The van der Waals surface area contributed by atoms with Crippen molar-refractivity contribution in [1.82, 2.24) is 15.0 Å². The van der Waals surface area contributed by atoms with Crippen molar-refractivity contribution in [2.75, 3.05) is 37.7 Å². The number of aromatic nitrogens is 3. The maximum absolute atomic E-state index is 14.6. The van der Waals surface area contributed by atoms with E-state index < -0.39 is 5.95 Å². The van der Waals surface area contributed by atoms with E-state index in [4.69, 9.17) is 9.72 Å². The van der Waals surface area contributed by atoms with E-state index in [9.17, 15) is 4.39 Å². The van der Waals surface area contributed by atoms with E-state index >= 15 is 0 Å². The van der Waals surface area contributed by atoms with Gasteiger partial charge in [0, 0.05) is 48.2 Å². The summed E-state index contributed by atoms with van der Waals surface area (Å²) in [7, 11) is 0. The Morgan fingerprint density at radius 1 is 1.04 bits per heavy atom. The molecule has 0 saturated carbocycles. The number of allylic oxidation sites excluding steroid dienone is 1. The molecule has 0 bridgehead atoms. The third kappa shape index (κ3) is 2.93. The summed E-state index contributed by atoms with van der Waals surface area (Å²) in [5.74, 6) is 0.299. The molecule has 5 rings (SSSR count). The molecule has 3 aromatic rings. The fourth-order valence-electron chi connectivity index (χ4n) is 3.64. The van der Waals surface area contributed by atoms with E-state index in [1.165, 1.54) is 6.20 Å². The molecule has 140 valence electrons. The third-order valence-corrected chi connectivity index (χ3v) is 5.05. The van der Waals surface area contributed by atoms with Gasteiger partial charge in [0.25, 0.3) is 0 Å². The van der Waals surface area contributed by atoms with Crippen LogP contribution in [0.25, 0.3) is 27.6 Å². The minimum Gasteiger partial charge on any atom is -0.378 e. The molecule has 7 heteroatoms. The molecule has 0 aromatic carbocycles. The van der Waals surface area contributed by atoms with Crippen molar-refractivity contribution in [3.8, 4) is 11.1 Å². The molecule has 1 saturated heterocycles. The molecule has 28 heavy (non-hydrogen) atoms. The first-order chi connectivity index (χ1) is 13.8. The van der Waals surface area contributed by atoms with E-state index in [2.05, 4.69) is 19.9 Å². The Kier molecular flexibility index (Phi) is 4.29. The molecule has 0 aliphatic carbocycles. The molecule has 0 atom stereocenters. The van der Waals surface area contributed by atoms with E-state index in [1.807, 2.05) is 18.2 Å². The van der Waals surface area contributed by atoms with Crippen molar-refractivity contribution < 1.29 is 9.13 Å². The first-order valence-electron chi connectivity index (χ1n) is 9.24. The summed E-state index contributed by atoms with van der Waals surface area (Å²) >= 11 is 0. The summed E-state index contributed by atoms with van der Waals surface area (Å²) in [6.45, 7) is 3.36. The van der Waals surface area contributed by atoms with Crippen LogP contribution in [-0.4, -0.2) is 54.0 Å². The van der Waals surface area contributed by atoms with Gasteiger partial charge < -0.3 is 9.64 Å². The number of anilines is 1. The second-order valence-corrected chi connectivity index (χ2v) is 6.71. The number of morpholine rings is 1. The molecule has 2 aliphatic rings. The molecular weight excluding hydrogens is 357 g/mol. The van der Waals surface area contributed by atoms with Crippen molar-refractivity contribution in [3.63, 3.8) is 0 Å². The van der Waals surface area contributed by atoms with Crippen LogP contribution < -0.4 is 4.90 Å². The fraction of sp³-hybridized carbons (Fsp3) is 0.238. The normalized spacial score (nSPS) is 16.6. The second kappa shape index (κ2) is 7.09. The van der Waals surface area contributed by atoms with Crippen LogP contribution in [0.1, 0.15) is 5.69 Å². The van der Waals surface area contributed by atoms with Gasteiger partial charge >= 0.3 is 0 Å². The summed E-state index contributed by atoms with van der Waals surface area (Å²) in [4.78, 5) is 19.8. The molecule has 1 fully saturated rings. The fourth-order valence-corrected chi connectivity index (χ4v) is 3.64. The van der Waals surface area contributed by atoms with Gasteiger partial charge in [-0.1, -0.05) is 0 Å². The van der Waals surface area contributed by atoms with E-state index in [0.717, 1.165) is 46.6 Å². The Bertz CT molecular complexity index is 1110. The second-order valence-electron chi connectivity index (χ2n) is 6.71. The molecule has 3 aromatic heterocycles. The van der Waals surface area contributed by atoms with Crippen LogP contribution in [0.2, 0.25) is 0 Å². The molecular formula is C21H18FN5O. The maximum atomic E-state index is 14.6. The molecule has 0 N–H and O–H groups in total. The quantitative estimate of drug-likeness (QED) is 0.658. The Hall–Kier alpha value is -3.19. The smallest absolute Gasteiger partial charge is 0.220 e. The van der Waals surface area contributed by atoms with E-state index in [-0.39, 0.29) is 0 Å². The van der Waals surface area contributed by atoms with Gasteiger partial charge in [-0.05, 0) is 35.9 Å². The molecule has 6 nitrogen and oxygen atoms in total. The number of hydrogen-bond acceptors (Lipinski definition) is 6. The number of ether oxygens (including phenoxy) is 1. The molecule has 2 aliphatic heterocycles. The standard InChI is InChI=1S/C21H18FN5O/c22-21-16(2-1-5-25-21)17-12-18(27-8-10-28-11-9-27)26-20-15(17)4-7-24-19(20)14-3-6-23-13-14/h1-7,12H,8-11,13H2. The van der Waals surface area contributed by atoms with Gasteiger partial charge in [0.15, 0.2) is 0 Å². The highest BCUT2D eigenvalue weighted by Gasteiger charge is 2.20. The summed E-state index contributed by atoms with van der Waals surface area (Å²) in [6, 6.07) is 7.32. The van der Waals surface area contributed by atoms with Gasteiger partial charge in [0.1, 0.15) is 5.82 Å². The van der Waals surface area contributed by atoms with Gasteiger partial charge in [-0.3, -0.25) is 9.98 Å². The van der Waals surface area contributed by atoms with E-state index in [0.29, 0.717) is 25.3 Å². The van der Waals surface area contributed by atoms with Gasteiger partial charge in [0.05, 0.1) is 31.0 Å². The molecule has 5 heterocycles. The van der Waals surface area contributed by atoms with Crippen molar-refractivity contribution in [3.05, 3.63) is 54.4 Å². The maximum Gasteiger partial charge on any atom is 0.220 e. The molecule has 0 amide bonds. The molecule has 0 radical (unpaired) electrons. The number of pyridine rings is 3. The minimum atomic E-state index is -0.496. The Morgan fingerprint density at radius 2 is 1.93 bits per heavy atom. The van der Waals surface area contributed by atoms with Gasteiger partial charge in [-0.2, -0.15) is 4.39 Å². The SMILES string of the molecule is Fc1ncccc1-c1cc(N2CCOCC2)nc2c(C3=CC=NC3)nccc12. The predicted molar refractivity (Wildman–Crippen MR) is 107 cm³/mol. The summed E-state index contributed by atoms with van der Waals surface area (Å²) in [6.07, 6.45) is 6.93. The highest BCUT2D eigenvalue weighted by molar-refractivity contribution is 6.02. The van der Waals surface area contributed by atoms with Gasteiger partial charge in [-0.15, -0.1) is 0 Å². The van der Waals surface area contributed by atoms with Crippen molar-refractivity contribution in [2.45, 2.75) is 0 Å². The van der Waals surface area contributed by atoms with Crippen LogP contribution in [0.3, 0.4) is 0 Å². The lowest BCUT2D eigenvalue weighted by Gasteiger charge is -2.28. The summed E-state index contributed by atoms with van der Waals surface area (Å²) in [5, 5.41) is 0.849. The first-order valence-corrected chi connectivity index (χ1v) is 9.24. The topological polar surface area (TPSA) is 63.5 Å². The summed E-state index contributed by atoms with van der Waals surface area (Å²) in [5.41, 5.74) is 3.77. The lowest BCUT2D eigenvalue weighted by Crippen LogP contribution is -2.36. The van der Waals surface area contributed by atoms with Crippen LogP contribution in [0, 0.1) is 5.95 Å². The predicted octanol–water partition coefficient (Wildman–Crippen LogP) is 3.14. The zero-order chi connectivity index (χ0) is 18.9. The highest BCUT2D eigenvalue weighted by atomic mass is 19.1. The zero-order valence-corrected chi connectivity index (χ0v) is 15.2. The van der Waals surface area contributed by atoms with Gasteiger partial charge in [0.2, 0.25) is 5.95 Å². The minimum absolute atomic E-state index is 0.457. The number of aliphatic imine (C=N–C) groups is 1. The Balaban J connectivity index is 1.77. The zero-order valence-electron chi connectivity index (χ0n) is 15.2. The number of fused-ring (bicyclic) bond motifs is 1. The van der Waals surface area contributed by atoms with Crippen LogP contribution in [0.5, 0.6) is 0 Å². The Labute approximate surface area is 161 Å². The lowest BCUT2D eigenvalue weighted by atomic mass is 10.00. The summed E-state index contributed by atoms with van der Waals surface area (Å²) < 4.78 is 20.0.